The van der Waals surface area contributed by atoms with Crippen LogP contribution in [0.2, 0.25) is 0 Å². The van der Waals surface area contributed by atoms with E-state index in [0.29, 0.717) is 0 Å². The topological polar surface area (TPSA) is 26.3 Å². The molecular weight excluding hydrogens is 214 g/mol. The number of rotatable bonds is 3. The predicted molar refractivity (Wildman–Crippen MR) is 65.6 cm³/mol. The molecule has 1 unspecified atom stereocenters. The van der Waals surface area contributed by atoms with E-state index in [-0.39, 0.29) is 8.27 Å². The van der Waals surface area contributed by atoms with Gasteiger partial charge in [-0.2, -0.15) is 0 Å². The molecule has 0 aliphatic rings. The number of hydrogen-bond acceptors (Lipinski definition) is 2. The van der Waals surface area contributed by atoms with Gasteiger partial charge in [0.15, 0.2) is 0 Å². The molecule has 0 amide bonds. The third kappa shape index (κ3) is 2.08. The molecule has 0 fully saturated rings. The van der Waals surface area contributed by atoms with Crippen molar-refractivity contribution in [3.05, 3.63) is 35.8 Å². The molecular formula is C10H14O2P2. The van der Waals surface area contributed by atoms with Crippen LogP contribution < -0.4 is 11.0 Å². The van der Waals surface area contributed by atoms with E-state index in [1.807, 2.05) is 12.1 Å². The molecule has 0 saturated carbocycles. The van der Waals surface area contributed by atoms with Crippen LogP contribution in [0.3, 0.4) is 0 Å². The minimum atomic E-state index is -0.321. The van der Waals surface area contributed by atoms with Crippen LogP contribution >= 0.6 is 16.5 Å². The Kier molecular flexibility index (Phi) is 3.05. The first kappa shape index (κ1) is 9.96. The number of furan rings is 2. The second kappa shape index (κ2) is 4.29. The van der Waals surface area contributed by atoms with Crippen LogP contribution in [0, 0.1) is 13.8 Å². The summed E-state index contributed by atoms with van der Waals surface area (Å²) in [6, 6.07) is 4.05. The SMILES string of the molecule is Cc1ccoc1P[PH3]c1occc1C. The third-order valence-electron chi connectivity index (χ3n) is 2.24. The first-order valence-corrected chi connectivity index (χ1v) is 8.62. The molecule has 2 aromatic heterocycles. The summed E-state index contributed by atoms with van der Waals surface area (Å²) in [5, 5.41) is 0. The number of aryl methyl sites for hydroxylation is 2. The fraction of sp³-hybridized carbons (Fsp3) is 0.200. The Balaban J connectivity index is 2.02. The van der Waals surface area contributed by atoms with Gasteiger partial charge in [-0.25, -0.2) is 0 Å². The summed E-state index contributed by atoms with van der Waals surface area (Å²) < 4.78 is 10.8. The van der Waals surface area contributed by atoms with Crippen molar-refractivity contribution < 1.29 is 8.83 Å². The van der Waals surface area contributed by atoms with Crippen molar-refractivity contribution in [2.45, 2.75) is 13.8 Å². The van der Waals surface area contributed by atoms with Gasteiger partial charge in [0.25, 0.3) is 0 Å². The van der Waals surface area contributed by atoms with Gasteiger partial charge in [-0.05, 0) is 0 Å². The van der Waals surface area contributed by atoms with Crippen LogP contribution in [0.5, 0.6) is 0 Å². The van der Waals surface area contributed by atoms with Gasteiger partial charge >= 0.3 is 86.0 Å². The summed E-state index contributed by atoms with van der Waals surface area (Å²) in [6.07, 6.45) is 3.54. The van der Waals surface area contributed by atoms with Crippen molar-refractivity contribution >= 4 is 27.5 Å². The van der Waals surface area contributed by atoms with E-state index in [4.69, 9.17) is 8.83 Å². The Bertz CT molecular complexity index is 377. The summed E-state index contributed by atoms with van der Waals surface area (Å²) in [4.78, 5) is 0. The Morgan fingerprint density at radius 1 is 1.07 bits per heavy atom. The molecule has 2 aromatic rings. The normalized spacial score (nSPS) is 11.9. The monoisotopic (exact) mass is 228 g/mol. The van der Waals surface area contributed by atoms with Crippen LogP contribution in [0.1, 0.15) is 11.1 Å². The van der Waals surface area contributed by atoms with Gasteiger partial charge in [0.05, 0.1) is 0 Å². The van der Waals surface area contributed by atoms with Crippen molar-refractivity contribution in [3.8, 4) is 0 Å². The molecule has 14 heavy (non-hydrogen) atoms. The molecule has 0 spiro atoms. The van der Waals surface area contributed by atoms with Crippen LogP contribution in [-0.4, -0.2) is 0 Å². The van der Waals surface area contributed by atoms with E-state index < -0.39 is 0 Å². The summed E-state index contributed by atoms with van der Waals surface area (Å²) >= 11 is 0. The van der Waals surface area contributed by atoms with Crippen molar-refractivity contribution in [2.24, 2.45) is 0 Å². The second-order valence-electron chi connectivity index (χ2n) is 3.31. The van der Waals surface area contributed by atoms with Gasteiger partial charge in [-0.3, -0.25) is 0 Å². The van der Waals surface area contributed by atoms with Gasteiger partial charge in [0.1, 0.15) is 0 Å². The quantitative estimate of drug-likeness (QED) is 0.752. The Labute approximate surface area is 86.5 Å². The molecule has 76 valence electrons. The zero-order valence-corrected chi connectivity index (χ0v) is 10.7. The number of hydrogen-bond donors (Lipinski definition) is 0. The molecule has 0 aliphatic carbocycles. The van der Waals surface area contributed by atoms with Gasteiger partial charge in [-0.1, -0.05) is 0 Å². The van der Waals surface area contributed by atoms with Crippen LogP contribution in [-0.2, 0) is 0 Å². The molecule has 4 heteroatoms. The summed E-state index contributed by atoms with van der Waals surface area (Å²) in [5.41, 5.74) is 4.90. The molecule has 1 atom stereocenters. The van der Waals surface area contributed by atoms with Crippen molar-refractivity contribution in [2.75, 3.05) is 0 Å². The Morgan fingerprint density at radius 2 is 1.79 bits per heavy atom. The van der Waals surface area contributed by atoms with E-state index in [9.17, 15) is 0 Å². The molecule has 0 saturated heterocycles. The average molecular weight is 228 g/mol. The van der Waals surface area contributed by atoms with Crippen molar-refractivity contribution in [1.82, 2.24) is 0 Å². The third-order valence-corrected chi connectivity index (χ3v) is 6.75. The maximum absolute atomic E-state index is 5.43. The van der Waals surface area contributed by atoms with Crippen molar-refractivity contribution in [1.29, 1.82) is 0 Å². The molecule has 0 radical (unpaired) electrons. The maximum atomic E-state index is 5.43. The van der Waals surface area contributed by atoms with E-state index >= 15 is 0 Å². The van der Waals surface area contributed by atoms with E-state index in [0.717, 1.165) is 13.8 Å². The van der Waals surface area contributed by atoms with E-state index in [1.54, 1.807) is 12.5 Å². The average Bonchev–Trinajstić information content (AvgIpc) is 2.72. The summed E-state index contributed by atoms with van der Waals surface area (Å²) in [5.74, 6) is 0. The van der Waals surface area contributed by atoms with E-state index in [2.05, 4.69) is 13.8 Å². The first-order valence-electron chi connectivity index (χ1n) is 4.58. The van der Waals surface area contributed by atoms with Crippen LogP contribution in [0.25, 0.3) is 0 Å². The molecule has 2 rings (SSSR count). The summed E-state index contributed by atoms with van der Waals surface area (Å²) in [7, 11) is 0.476. The molecule has 0 aromatic carbocycles. The van der Waals surface area contributed by atoms with Gasteiger partial charge < -0.3 is 0 Å². The van der Waals surface area contributed by atoms with Gasteiger partial charge in [-0.15, -0.1) is 0 Å². The van der Waals surface area contributed by atoms with Crippen LogP contribution in [0.4, 0.5) is 0 Å². The molecule has 2 heterocycles. The van der Waals surface area contributed by atoms with Gasteiger partial charge in [0, 0.05) is 0 Å². The zero-order chi connectivity index (χ0) is 9.97. The molecule has 0 bridgehead atoms. The standard InChI is InChI=1S/C10H14O2P2/c1-7-3-5-11-9(7)13-14-10-8(2)4-6-12-10/h3-6,13H,1-2,14H3. The van der Waals surface area contributed by atoms with Gasteiger partial charge in [0.2, 0.25) is 0 Å². The Hall–Kier alpha value is -0.580. The fourth-order valence-electron chi connectivity index (χ4n) is 1.30. The fourth-order valence-corrected chi connectivity index (χ4v) is 5.85. The predicted octanol–water partition coefficient (Wildman–Crippen LogP) is 2.18. The molecule has 0 N–H and O–H groups in total. The molecule has 0 aliphatic heterocycles. The van der Waals surface area contributed by atoms with E-state index in [1.165, 1.54) is 16.6 Å². The minimum absolute atomic E-state index is 0.321. The molecule has 2 nitrogen and oxygen atoms in total. The van der Waals surface area contributed by atoms with Crippen molar-refractivity contribution in [3.63, 3.8) is 0 Å². The second-order valence-corrected chi connectivity index (χ2v) is 7.24. The Morgan fingerprint density at radius 3 is 2.36 bits per heavy atom. The van der Waals surface area contributed by atoms with Crippen LogP contribution in [0.15, 0.2) is 33.5 Å². The first-order chi connectivity index (χ1) is 6.77. The zero-order valence-electron chi connectivity index (χ0n) is 8.33. The summed E-state index contributed by atoms with van der Waals surface area (Å²) in [6.45, 7) is 4.19.